The maximum atomic E-state index is 6.21. The normalized spacial score (nSPS) is 11.7. The number of hydrogen-bond donors (Lipinski definition) is 0. The molecule has 4 aromatic heterocycles. The molecule has 0 atom stereocenters. The molecule has 0 spiro atoms. The Kier molecular flexibility index (Phi) is 17.8. The molecule has 0 N–H and O–H groups in total. The van der Waals surface area contributed by atoms with Crippen LogP contribution >= 0.6 is 0 Å². The van der Waals surface area contributed by atoms with Gasteiger partial charge in [0.2, 0.25) is 0 Å². The summed E-state index contributed by atoms with van der Waals surface area (Å²) >= 11 is 0. The topological polar surface area (TPSA) is 42.6 Å². The average Bonchev–Trinajstić information content (AvgIpc) is 1.14. The third-order valence-corrected chi connectivity index (χ3v) is 25.4. The summed E-state index contributed by atoms with van der Waals surface area (Å²) in [7, 11) is 0. The molecule has 4 heterocycles. The molecule has 0 aliphatic heterocycles. The highest BCUT2D eigenvalue weighted by molar-refractivity contribution is 6.16. The Balaban J connectivity index is 0.000000141. The minimum atomic E-state index is 0.909. The lowest BCUT2D eigenvalue weighted by Gasteiger charge is -2.28. The first-order valence-corrected chi connectivity index (χ1v) is 43.1. The number of anilines is 6. The molecule has 126 heavy (non-hydrogen) atoms. The Morgan fingerprint density at radius 3 is 0.865 bits per heavy atom. The minimum absolute atomic E-state index is 0.909. The lowest BCUT2D eigenvalue weighted by molar-refractivity contribution is 0.668. The quantitative estimate of drug-likeness (QED) is 0.102. The van der Waals surface area contributed by atoms with Gasteiger partial charge in [-0.25, -0.2) is 0 Å². The summed E-state index contributed by atoms with van der Waals surface area (Å²) in [5, 5.41) is 17.0. The van der Waals surface area contributed by atoms with Gasteiger partial charge in [-0.05, 0) is 245 Å². The van der Waals surface area contributed by atoms with E-state index in [9.17, 15) is 0 Å². The number of aromatic nitrogens is 2. The van der Waals surface area contributed by atoms with Crippen LogP contribution in [0, 0.1) is 0 Å². The zero-order valence-corrected chi connectivity index (χ0v) is 68.6. The smallest absolute Gasteiger partial charge is 0.136 e. The number of benzene rings is 21. The van der Waals surface area contributed by atoms with Gasteiger partial charge in [-0.3, -0.25) is 0 Å². The molecule has 6 heteroatoms. The first-order valence-electron chi connectivity index (χ1n) is 43.1. The van der Waals surface area contributed by atoms with Gasteiger partial charge in [0.25, 0.3) is 0 Å². The highest BCUT2D eigenvalue weighted by Gasteiger charge is 2.22. The third-order valence-electron chi connectivity index (χ3n) is 25.4. The van der Waals surface area contributed by atoms with Gasteiger partial charge >= 0.3 is 0 Å². The Bertz CT molecular complexity index is 8400. The molecule has 25 rings (SSSR count). The van der Waals surface area contributed by atoms with Gasteiger partial charge < -0.3 is 27.8 Å². The van der Waals surface area contributed by atoms with E-state index in [0.717, 1.165) is 123 Å². The number of para-hydroxylation sites is 6. The fourth-order valence-corrected chi connectivity index (χ4v) is 19.2. The molecular formula is C120H78N4O2. The van der Waals surface area contributed by atoms with E-state index in [1.165, 1.54) is 109 Å². The number of hydrogen-bond acceptors (Lipinski definition) is 4. The summed E-state index contributed by atoms with van der Waals surface area (Å²) in [4.78, 5) is 4.76. The van der Waals surface area contributed by atoms with Crippen molar-refractivity contribution in [2.45, 2.75) is 0 Å². The highest BCUT2D eigenvalue weighted by atomic mass is 16.3. The van der Waals surface area contributed by atoms with Crippen molar-refractivity contribution in [1.82, 2.24) is 9.13 Å². The van der Waals surface area contributed by atoms with Crippen LogP contribution in [-0.4, -0.2) is 9.13 Å². The van der Waals surface area contributed by atoms with Crippen molar-refractivity contribution in [1.29, 1.82) is 0 Å². The molecule has 0 aliphatic carbocycles. The van der Waals surface area contributed by atoms with Crippen molar-refractivity contribution in [3.63, 3.8) is 0 Å². The summed E-state index contributed by atoms with van der Waals surface area (Å²) in [6.07, 6.45) is 0. The standard InChI is InChI=1S/C62H40N2O.C58H38N2O/c1-2-15-51-47(12-1)39-60(53-17-4-3-16-52(51)53)63(48-33-28-42(29-34-48)41-24-26-43(27-25-41)46-32-37-57-56-20-7-10-23-61(56)65-62(57)40-46)49-35-30-44(31-36-49)45-13-11-14-50(38-45)64-58-21-8-5-18-54(58)55-19-6-9-22-59(55)64;1-2-11-44-37-50(34-28-39(44)10-1)59(47-30-24-41(25-31-47)40-20-22-42(23-21-40)46-29-35-54-53-16-5-8-19-57(53)61-58(54)38-46)48-32-26-43(27-33-48)45-12-9-13-49(36-45)60-55-17-6-3-14-51(55)52-15-4-7-18-56(52)60/h1-40H;1-38H. The second kappa shape index (κ2) is 30.7. The van der Waals surface area contributed by atoms with E-state index in [0.29, 0.717) is 0 Å². The van der Waals surface area contributed by atoms with Crippen LogP contribution < -0.4 is 9.80 Å². The summed E-state index contributed by atoms with van der Waals surface area (Å²) in [5.41, 5.74) is 31.3. The molecule has 0 saturated heterocycles. The minimum Gasteiger partial charge on any atom is -0.456 e. The summed E-state index contributed by atoms with van der Waals surface area (Å²) in [6, 6.07) is 171. The molecule has 0 amide bonds. The van der Waals surface area contributed by atoms with Crippen LogP contribution in [0.1, 0.15) is 0 Å². The Morgan fingerprint density at radius 1 is 0.151 bits per heavy atom. The van der Waals surface area contributed by atoms with E-state index >= 15 is 0 Å². The first kappa shape index (κ1) is 73.1. The second-order valence-corrected chi connectivity index (χ2v) is 32.7. The van der Waals surface area contributed by atoms with E-state index in [4.69, 9.17) is 8.83 Å². The maximum Gasteiger partial charge on any atom is 0.136 e. The number of fused-ring (bicyclic) bond motifs is 16. The lowest BCUT2D eigenvalue weighted by atomic mass is 9.98. The van der Waals surface area contributed by atoms with Crippen LogP contribution in [0.2, 0.25) is 0 Å². The summed E-state index contributed by atoms with van der Waals surface area (Å²) < 4.78 is 17.2. The fourth-order valence-electron chi connectivity index (χ4n) is 19.2. The molecule has 21 aromatic carbocycles. The predicted octanol–water partition coefficient (Wildman–Crippen LogP) is 33.8. The van der Waals surface area contributed by atoms with Gasteiger partial charge in [-0.1, -0.05) is 322 Å². The molecule has 0 aliphatic rings. The summed E-state index contributed by atoms with van der Waals surface area (Å²) in [5.74, 6) is 0. The number of rotatable bonds is 14. The number of furan rings is 2. The molecular weight excluding hydrogens is 1530 g/mol. The van der Waals surface area contributed by atoms with Gasteiger partial charge in [0.05, 0.1) is 27.8 Å². The SMILES string of the molecule is c1cc(-c2ccc(N(c3ccc(-c4ccc(-c5ccc6c(c5)oc5ccccc56)cc4)cc3)c3cc4ccccc4c4ccccc34)cc2)cc(-n2c3ccccc3c3ccccc32)c1.c1cc(-c2ccc(N(c3ccc(-c4ccc(-c5ccc6c(c5)oc5ccccc56)cc4)cc3)c3ccc4ccccc4c3)cc2)cc(-n2c3ccccc3c3ccccc32)c1. The van der Waals surface area contributed by atoms with Gasteiger partial charge in [0.15, 0.2) is 0 Å². The van der Waals surface area contributed by atoms with Gasteiger partial charge in [-0.2, -0.15) is 0 Å². The number of nitrogens with zero attached hydrogens (tertiary/aromatic N) is 4. The van der Waals surface area contributed by atoms with E-state index < -0.39 is 0 Å². The maximum absolute atomic E-state index is 6.21. The molecule has 0 radical (unpaired) electrons. The van der Waals surface area contributed by atoms with Crippen LogP contribution in [0.5, 0.6) is 0 Å². The van der Waals surface area contributed by atoms with Gasteiger partial charge in [-0.15, -0.1) is 0 Å². The molecule has 6 nitrogen and oxygen atoms in total. The van der Waals surface area contributed by atoms with Crippen molar-refractivity contribution in [2.75, 3.05) is 9.80 Å². The zero-order chi connectivity index (χ0) is 83.1. The highest BCUT2D eigenvalue weighted by Crippen LogP contribution is 2.47. The molecule has 0 fully saturated rings. The molecule has 0 bridgehead atoms. The van der Waals surface area contributed by atoms with E-state index in [1.54, 1.807) is 0 Å². The van der Waals surface area contributed by atoms with Crippen LogP contribution in [-0.2, 0) is 0 Å². The van der Waals surface area contributed by atoms with E-state index in [2.05, 4.69) is 468 Å². The molecule has 25 aromatic rings. The van der Waals surface area contributed by atoms with Crippen molar-refractivity contribution in [2.24, 2.45) is 0 Å². The molecule has 0 saturated carbocycles. The van der Waals surface area contributed by atoms with Crippen LogP contribution in [0.25, 0.3) is 198 Å². The van der Waals surface area contributed by atoms with Crippen molar-refractivity contribution in [3.8, 4) is 78.1 Å². The first-order chi connectivity index (χ1) is 62.4. The monoisotopic (exact) mass is 1610 g/mol. The van der Waals surface area contributed by atoms with Crippen molar-refractivity contribution >= 4 is 154 Å². The van der Waals surface area contributed by atoms with Crippen molar-refractivity contribution < 1.29 is 8.83 Å². The zero-order valence-electron chi connectivity index (χ0n) is 68.6. The van der Waals surface area contributed by atoms with Crippen molar-refractivity contribution in [3.05, 3.63) is 473 Å². The Morgan fingerprint density at radius 2 is 0.444 bits per heavy atom. The van der Waals surface area contributed by atoms with Gasteiger partial charge in [0.1, 0.15) is 22.3 Å². The lowest BCUT2D eigenvalue weighted by Crippen LogP contribution is -2.10. The largest absolute Gasteiger partial charge is 0.456 e. The fraction of sp³-hybridized carbons (Fsp3) is 0. The molecule has 590 valence electrons. The van der Waals surface area contributed by atoms with E-state index in [1.807, 2.05) is 24.3 Å². The van der Waals surface area contributed by atoms with E-state index in [-0.39, 0.29) is 0 Å². The average molecular weight is 1610 g/mol. The van der Waals surface area contributed by atoms with Crippen LogP contribution in [0.15, 0.2) is 482 Å². The van der Waals surface area contributed by atoms with Gasteiger partial charge in [0, 0.05) is 88.3 Å². The third kappa shape index (κ3) is 13.0. The molecule has 0 unspecified atom stereocenters. The van der Waals surface area contributed by atoms with Crippen LogP contribution in [0.4, 0.5) is 34.1 Å². The Hall–Kier alpha value is -16.8. The summed E-state index contributed by atoms with van der Waals surface area (Å²) in [6.45, 7) is 0. The van der Waals surface area contributed by atoms with Crippen LogP contribution in [0.3, 0.4) is 0 Å². The second-order valence-electron chi connectivity index (χ2n) is 32.7. The predicted molar refractivity (Wildman–Crippen MR) is 531 cm³/mol. The Labute approximate surface area is 728 Å².